The zero-order valence-corrected chi connectivity index (χ0v) is 14.2. The lowest BCUT2D eigenvalue weighted by molar-refractivity contribution is 0.102. The van der Waals surface area contributed by atoms with Crippen LogP contribution >= 0.6 is 57.4 Å². The van der Waals surface area contributed by atoms with Gasteiger partial charge in [-0.3, -0.25) is 4.79 Å². The summed E-state index contributed by atoms with van der Waals surface area (Å²) in [4.78, 5) is 12.1. The molecule has 0 aromatic heterocycles. The number of amides is 1. The SMILES string of the molecule is O=C(Nc1cc(Cl)c(O)c(Cl)c1)c1ccc(I)c(Cl)c1. The van der Waals surface area contributed by atoms with Crippen molar-refractivity contribution < 1.29 is 9.90 Å². The second-order valence-corrected chi connectivity index (χ2v) is 6.26. The third kappa shape index (κ3) is 3.49. The normalized spacial score (nSPS) is 10.4. The Kier molecular flexibility index (Phi) is 5.01. The minimum atomic E-state index is -0.346. The molecule has 2 aromatic carbocycles. The van der Waals surface area contributed by atoms with Crippen LogP contribution in [-0.4, -0.2) is 11.0 Å². The Morgan fingerprint density at radius 1 is 1.05 bits per heavy atom. The van der Waals surface area contributed by atoms with Crippen LogP contribution in [0.25, 0.3) is 0 Å². The van der Waals surface area contributed by atoms with Crippen molar-refractivity contribution in [3.63, 3.8) is 0 Å². The van der Waals surface area contributed by atoms with Crippen molar-refractivity contribution in [2.24, 2.45) is 0 Å². The van der Waals surface area contributed by atoms with Crippen LogP contribution < -0.4 is 5.32 Å². The molecule has 7 heteroatoms. The van der Waals surface area contributed by atoms with E-state index in [1.165, 1.54) is 12.1 Å². The number of hydrogen-bond acceptors (Lipinski definition) is 2. The average Bonchev–Trinajstić information content (AvgIpc) is 2.39. The number of carbonyl (C=O) groups excluding carboxylic acids is 1. The highest BCUT2D eigenvalue weighted by Crippen LogP contribution is 2.34. The first-order valence-corrected chi connectivity index (χ1v) is 7.54. The number of rotatable bonds is 2. The van der Waals surface area contributed by atoms with Gasteiger partial charge in [-0.25, -0.2) is 0 Å². The van der Waals surface area contributed by atoms with Crippen molar-refractivity contribution in [2.75, 3.05) is 5.32 Å². The maximum Gasteiger partial charge on any atom is 0.255 e. The Morgan fingerprint density at radius 3 is 2.20 bits per heavy atom. The zero-order valence-electron chi connectivity index (χ0n) is 9.75. The summed E-state index contributed by atoms with van der Waals surface area (Å²) >= 11 is 19.6. The minimum Gasteiger partial charge on any atom is -0.505 e. The number of benzene rings is 2. The van der Waals surface area contributed by atoms with Crippen LogP contribution in [0.2, 0.25) is 15.1 Å². The fourth-order valence-corrected chi connectivity index (χ4v) is 2.48. The van der Waals surface area contributed by atoms with E-state index in [2.05, 4.69) is 27.9 Å². The van der Waals surface area contributed by atoms with Gasteiger partial charge in [0, 0.05) is 14.8 Å². The topological polar surface area (TPSA) is 49.3 Å². The molecule has 0 heterocycles. The number of halogens is 4. The van der Waals surface area contributed by atoms with E-state index in [0.29, 0.717) is 16.3 Å². The monoisotopic (exact) mass is 441 g/mol. The molecule has 0 saturated heterocycles. The second-order valence-electron chi connectivity index (χ2n) is 3.87. The second kappa shape index (κ2) is 6.39. The number of nitrogens with one attached hydrogen (secondary N) is 1. The summed E-state index contributed by atoms with van der Waals surface area (Å²) in [5.74, 6) is -0.565. The van der Waals surface area contributed by atoms with Gasteiger partial charge in [0.25, 0.3) is 5.91 Å². The number of anilines is 1. The molecule has 0 atom stereocenters. The van der Waals surface area contributed by atoms with Gasteiger partial charge < -0.3 is 10.4 Å². The smallest absolute Gasteiger partial charge is 0.255 e. The van der Waals surface area contributed by atoms with E-state index >= 15 is 0 Å². The van der Waals surface area contributed by atoms with Crippen LogP contribution in [-0.2, 0) is 0 Å². The Bertz CT molecular complexity index is 668. The van der Waals surface area contributed by atoms with Crippen molar-refractivity contribution in [1.29, 1.82) is 0 Å². The Hall–Kier alpha value is -0.690. The maximum absolute atomic E-state index is 12.1. The summed E-state index contributed by atoms with van der Waals surface area (Å²) < 4.78 is 0.858. The Balaban J connectivity index is 2.25. The van der Waals surface area contributed by atoms with E-state index < -0.39 is 0 Å². The van der Waals surface area contributed by atoms with Crippen LogP contribution in [0.5, 0.6) is 5.75 Å². The molecule has 0 aliphatic heterocycles. The van der Waals surface area contributed by atoms with Gasteiger partial charge in [0.15, 0.2) is 5.75 Å². The highest BCUT2D eigenvalue weighted by Gasteiger charge is 2.11. The van der Waals surface area contributed by atoms with Crippen LogP contribution in [0.1, 0.15) is 10.4 Å². The van der Waals surface area contributed by atoms with Gasteiger partial charge in [0.2, 0.25) is 0 Å². The quantitative estimate of drug-likeness (QED) is 0.496. The van der Waals surface area contributed by atoms with Crippen molar-refractivity contribution in [1.82, 2.24) is 0 Å². The molecular formula is C13H7Cl3INO2. The summed E-state index contributed by atoms with van der Waals surface area (Å²) in [5, 5.41) is 12.7. The lowest BCUT2D eigenvalue weighted by Crippen LogP contribution is -2.12. The highest BCUT2D eigenvalue weighted by molar-refractivity contribution is 14.1. The molecule has 2 rings (SSSR count). The largest absolute Gasteiger partial charge is 0.505 e. The molecule has 0 fully saturated rings. The first-order valence-electron chi connectivity index (χ1n) is 5.33. The molecule has 0 aliphatic carbocycles. The van der Waals surface area contributed by atoms with Crippen LogP contribution in [0.4, 0.5) is 5.69 Å². The molecule has 3 nitrogen and oxygen atoms in total. The third-order valence-corrected chi connectivity index (χ3v) is 4.61. The van der Waals surface area contributed by atoms with E-state index in [1.807, 2.05) is 0 Å². The predicted molar refractivity (Wildman–Crippen MR) is 90.2 cm³/mol. The van der Waals surface area contributed by atoms with Gasteiger partial charge in [-0.05, 0) is 52.9 Å². The van der Waals surface area contributed by atoms with Crippen LogP contribution in [0.15, 0.2) is 30.3 Å². The fourth-order valence-electron chi connectivity index (χ4n) is 1.48. The molecule has 0 bridgehead atoms. The molecule has 2 N–H and O–H groups in total. The Labute approximate surface area is 144 Å². The summed E-state index contributed by atoms with van der Waals surface area (Å²) in [6, 6.07) is 7.80. The van der Waals surface area contributed by atoms with E-state index in [-0.39, 0.29) is 21.7 Å². The number of hydrogen-bond donors (Lipinski definition) is 2. The molecule has 0 aliphatic rings. The first kappa shape index (κ1) is 15.7. The Morgan fingerprint density at radius 2 is 1.65 bits per heavy atom. The van der Waals surface area contributed by atoms with E-state index in [0.717, 1.165) is 3.57 Å². The molecular weight excluding hydrogens is 435 g/mol. The standard InChI is InChI=1S/C13H7Cl3INO2/c14-8-3-6(1-2-11(8)17)13(20)18-7-4-9(15)12(19)10(16)5-7/h1-5,19H,(H,18,20). The van der Waals surface area contributed by atoms with Crippen molar-refractivity contribution in [3.05, 3.63) is 54.5 Å². The van der Waals surface area contributed by atoms with Gasteiger partial charge in [0.05, 0.1) is 15.1 Å². The van der Waals surface area contributed by atoms with Crippen molar-refractivity contribution >= 4 is 69.0 Å². The van der Waals surface area contributed by atoms with Crippen molar-refractivity contribution in [2.45, 2.75) is 0 Å². The lowest BCUT2D eigenvalue weighted by Gasteiger charge is -2.08. The molecule has 20 heavy (non-hydrogen) atoms. The van der Waals surface area contributed by atoms with E-state index in [1.54, 1.807) is 18.2 Å². The molecule has 0 spiro atoms. The molecule has 2 aromatic rings. The van der Waals surface area contributed by atoms with Gasteiger partial charge >= 0.3 is 0 Å². The molecule has 0 saturated carbocycles. The molecule has 0 radical (unpaired) electrons. The summed E-state index contributed by atoms with van der Waals surface area (Å²) in [5.41, 5.74) is 0.799. The number of aromatic hydroxyl groups is 1. The lowest BCUT2D eigenvalue weighted by atomic mass is 10.2. The van der Waals surface area contributed by atoms with E-state index in [4.69, 9.17) is 34.8 Å². The predicted octanol–water partition coefficient (Wildman–Crippen LogP) is 5.21. The van der Waals surface area contributed by atoms with Crippen LogP contribution in [0, 0.1) is 3.57 Å². The molecule has 104 valence electrons. The van der Waals surface area contributed by atoms with Gasteiger partial charge in [-0.15, -0.1) is 0 Å². The van der Waals surface area contributed by atoms with Crippen LogP contribution in [0.3, 0.4) is 0 Å². The number of phenolic OH excluding ortho intramolecular Hbond substituents is 1. The third-order valence-electron chi connectivity index (χ3n) is 2.46. The van der Waals surface area contributed by atoms with Gasteiger partial charge in [-0.1, -0.05) is 34.8 Å². The molecule has 0 unspecified atom stereocenters. The van der Waals surface area contributed by atoms with Crippen molar-refractivity contribution in [3.8, 4) is 5.75 Å². The van der Waals surface area contributed by atoms with Gasteiger partial charge in [-0.2, -0.15) is 0 Å². The number of phenols is 1. The number of carbonyl (C=O) groups is 1. The summed E-state index contributed by atoms with van der Waals surface area (Å²) in [7, 11) is 0. The summed E-state index contributed by atoms with van der Waals surface area (Å²) in [6.07, 6.45) is 0. The molecule has 1 amide bonds. The van der Waals surface area contributed by atoms with Gasteiger partial charge in [0.1, 0.15) is 0 Å². The first-order chi connectivity index (χ1) is 9.38. The zero-order chi connectivity index (χ0) is 14.9. The highest BCUT2D eigenvalue weighted by atomic mass is 127. The fraction of sp³-hybridized carbons (Fsp3) is 0. The average molecular weight is 442 g/mol. The summed E-state index contributed by atoms with van der Waals surface area (Å²) in [6.45, 7) is 0. The minimum absolute atomic E-state index is 0.0634. The van der Waals surface area contributed by atoms with E-state index in [9.17, 15) is 9.90 Å². The maximum atomic E-state index is 12.1.